The molecule has 0 aromatic heterocycles. The number of nitrogens with zero attached hydrogens (tertiary/aromatic N) is 1. The SMILES string of the molecule is CCC(CC)NC.CCCNC.CCCNC.CNC(C)C.CNC1CC1.CNC1CCC1.CNC1CCCC1.CNC1CCN(C)C1. The average molecular weight is 690 g/mol. The molecule has 48 heavy (non-hydrogen) atoms. The van der Waals surface area contributed by atoms with Crippen LogP contribution < -0.4 is 42.5 Å². The molecular formula is C39H95N9. The van der Waals surface area contributed by atoms with E-state index in [9.17, 15) is 0 Å². The highest BCUT2D eigenvalue weighted by molar-refractivity contribution is 4.78. The van der Waals surface area contributed by atoms with E-state index >= 15 is 0 Å². The number of likely N-dealkylation sites (N-methyl/N-ethyl adjacent to an activating group) is 2. The van der Waals surface area contributed by atoms with Gasteiger partial charge in [0.2, 0.25) is 0 Å². The molecule has 0 aromatic rings. The third-order valence-corrected chi connectivity index (χ3v) is 9.03. The van der Waals surface area contributed by atoms with Crippen molar-refractivity contribution in [2.75, 3.05) is 89.6 Å². The molecule has 1 unspecified atom stereocenters. The van der Waals surface area contributed by atoms with Crippen LogP contribution in [0.3, 0.4) is 0 Å². The quantitative estimate of drug-likeness (QED) is 0.137. The van der Waals surface area contributed by atoms with Gasteiger partial charge in [0.15, 0.2) is 0 Å². The standard InChI is InChI=1S/C6H14N2.C6H13N.C6H15N.C5H11N.C4H9N.3C4H11N/c1-7-6-3-4-8(2)5-6;1-7-6-4-2-3-5-6;1-4-6(5-2)7-3;1-6-5-3-2-4-5;1-5-4-2-3-4;1-4(2)5-3;2*1-3-4-5-2/h6-7H,3-5H2,1-2H3;6-7H,2-5H2,1H3;6-7H,4-5H2,1-3H3;5-6H,2-4H2,1H3;4-5H,2-3H2,1H3;4-5H,1-3H3;2*5H,3-4H2,1-2H3. The molecule has 4 aliphatic rings. The van der Waals surface area contributed by atoms with Gasteiger partial charge >= 0.3 is 0 Å². The van der Waals surface area contributed by atoms with Crippen molar-refractivity contribution in [2.24, 2.45) is 0 Å². The lowest BCUT2D eigenvalue weighted by molar-refractivity contribution is 0.361. The summed E-state index contributed by atoms with van der Waals surface area (Å²) in [7, 11) is 18.2. The largest absolute Gasteiger partial charge is 0.320 e. The normalized spacial score (nSPS) is 18.3. The van der Waals surface area contributed by atoms with Crippen molar-refractivity contribution in [2.45, 2.75) is 168 Å². The van der Waals surface area contributed by atoms with Crippen LogP contribution in [0.4, 0.5) is 0 Å². The highest BCUT2D eigenvalue weighted by atomic mass is 15.2. The molecule has 0 aromatic carbocycles. The Morgan fingerprint density at radius 1 is 0.521 bits per heavy atom. The number of nitrogens with one attached hydrogen (secondary N) is 8. The molecule has 8 N–H and O–H groups in total. The molecule has 296 valence electrons. The van der Waals surface area contributed by atoms with E-state index in [1.807, 2.05) is 49.3 Å². The third-order valence-electron chi connectivity index (χ3n) is 9.03. The summed E-state index contributed by atoms with van der Waals surface area (Å²) in [6.45, 7) is 17.7. The summed E-state index contributed by atoms with van der Waals surface area (Å²) >= 11 is 0. The van der Waals surface area contributed by atoms with E-state index in [-0.39, 0.29) is 0 Å². The monoisotopic (exact) mass is 690 g/mol. The first-order valence-corrected chi connectivity index (χ1v) is 20.1. The summed E-state index contributed by atoms with van der Waals surface area (Å²) in [4.78, 5) is 2.35. The number of hydrogen-bond acceptors (Lipinski definition) is 9. The molecule has 0 radical (unpaired) electrons. The molecule has 1 heterocycles. The lowest BCUT2D eigenvalue weighted by Gasteiger charge is -2.23. The zero-order valence-electron chi connectivity index (χ0n) is 35.6. The molecule has 9 heteroatoms. The fourth-order valence-electron chi connectivity index (χ4n) is 4.65. The predicted octanol–water partition coefficient (Wildman–Crippen LogP) is 5.43. The third kappa shape index (κ3) is 45.6. The van der Waals surface area contributed by atoms with Gasteiger partial charge in [-0.1, -0.05) is 60.8 Å². The molecule has 3 aliphatic carbocycles. The fourth-order valence-corrected chi connectivity index (χ4v) is 4.65. The van der Waals surface area contributed by atoms with E-state index < -0.39 is 0 Å². The van der Waals surface area contributed by atoms with Gasteiger partial charge in [-0.3, -0.25) is 0 Å². The number of rotatable bonds is 12. The number of hydrogen-bond donors (Lipinski definition) is 8. The summed E-state index contributed by atoms with van der Waals surface area (Å²) in [5.74, 6) is 0. The van der Waals surface area contributed by atoms with Gasteiger partial charge in [-0.25, -0.2) is 0 Å². The molecular weight excluding hydrogens is 594 g/mol. The molecule has 1 saturated heterocycles. The van der Waals surface area contributed by atoms with E-state index in [0.29, 0.717) is 6.04 Å². The highest BCUT2D eigenvalue weighted by Crippen LogP contribution is 2.17. The highest BCUT2D eigenvalue weighted by Gasteiger charge is 2.17. The Morgan fingerprint density at radius 3 is 0.979 bits per heavy atom. The van der Waals surface area contributed by atoms with Gasteiger partial charge in [0.1, 0.15) is 0 Å². The zero-order valence-corrected chi connectivity index (χ0v) is 35.6. The summed E-state index contributed by atoms with van der Waals surface area (Å²) in [6, 6.07) is 4.72. The molecule has 4 fully saturated rings. The topological polar surface area (TPSA) is 99.5 Å². The summed E-state index contributed by atoms with van der Waals surface area (Å²) < 4.78 is 0. The first-order valence-electron chi connectivity index (χ1n) is 20.1. The Labute approximate surface area is 304 Å². The van der Waals surface area contributed by atoms with Crippen molar-refractivity contribution < 1.29 is 0 Å². The zero-order chi connectivity index (χ0) is 37.4. The summed E-state index contributed by atoms with van der Waals surface area (Å²) in [6.07, 6.45) is 19.0. The molecule has 9 nitrogen and oxygen atoms in total. The van der Waals surface area contributed by atoms with Crippen molar-refractivity contribution >= 4 is 0 Å². The van der Waals surface area contributed by atoms with Crippen LogP contribution in [0.15, 0.2) is 0 Å². The first kappa shape index (κ1) is 54.4. The maximum Gasteiger partial charge on any atom is 0.0204 e. The smallest absolute Gasteiger partial charge is 0.0204 e. The minimum absolute atomic E-state index is 0.634. The van der Waals surface area contributed by atoms with Crippen LogP contribution >= 0.6 is 0 Å². The Hall–Kier alpha value is -0.360. The van der Waals surface area contributed by atoms with Gasteiger partial charge in [0, 0.05) is 42.8 Å². The van der Waals surface area contributed by atoms with E-state index in [4.69, 9.17) is 0 Å². The van der Waals surface area contributed by atoms with Crippen LogP contribution in [-0.2, 0) is 0 Å². The molecule has 1 aliphatic heterocycles. The Morgan fingerprint density at radius 2 is 0.896 bits per heavy atom. The number of likely N-dealkylation sites (tertiary alicyclic amines) is 1. The lowest BCUT2D eigenvalue weighted by atomic mass is 9.94. The van der Waals surface area contributed by atoms with Crippen LogP contribution in [0.25, 0.3) is 0 Å². The van der Waals surface area contributed by atoms with Crippen LogP contribution in [0.5, 0.6) is 0 Å². The molecule has 1 atom stereocenters. The van der Waals surface area contributed by atoms with E-state index in [2.05, 4.69) is 103 Å². The minimum Gasteiger partial charge on any atom is -0.320 e. The Bertz CT molecular complexity index is 512. The van der Waals surface area contributed by atoms with Crippen LogP contribution in [-0.4, -0.2) is 131 Å². The first-order chi connectivity index (χ1) is 23.1. The predicted molar refractivity (Wildman–Crippen MR) is 221 cm³/mol. The van der Waals surface area contributed by atoms with Gasteiger partial charge in [0.05, 0.1) is 0 Å². The van der Waals surface area contributed by atoms with Gasteiger partial charge in [-0.05, 0) is 154 Å². The summed E-state index contributed by atoms with van der Waals surface area (Å²) in [5, 5.41) is 25.1. The van der Waals surface area contributed by atoms with Gasteiger partial charge < -0.3 is 47.4 Å². The minimum atomic E-state index is 0.634. The van der Waals surface area contributed by atoms with Crippen molar-refractivity contribution in [3.05, 3.63) is 0 Å². The Kier molecular flexibility index (Phi) is 50.6. The second-order valence-corrected chi connectivity index (χ2v) is 13.7. The van der Waals surface area contributed by atoms with Gasteiger partial charge in [-0.15, -0.1) is 0 Å². The molecule has 4 rings (SSSR count). The second kappa shape index (κ2) is 44.7. The molecule has 0 amide bonds. The van der Waals surface area contributed by atoms with E-state index in [1.54, 1.807) is 0 Å². The average Bonchev–Trinajstić information content (AvgIpc) is 3.59. The van der Waals surface area contributed by atoms with Crippen LogP contribution in [0.1, 0.15) is 131 Å². The van der Waals surface area contributed by atoms with Crippen molar-refractivity contribution in [3.63, 3.8) is 0 Å². The molecule has 0 bridgehead atoms. The van der Waals surface area contributed by atoms with E-state index in [0.717, 1.165) is 43.3 Å². The van der Waals surface area contributed by atoms with Crippen molar-refractivity contribution in [1.82, 2.24) is 47.4 Å². The van der Waals surface area contributed by atoms with Gasteiger partial charge in [-0.2, -0.15) is 0 Å². The van der Waals surface area contributed by atoms with Crippen LogP contribution in [0.2, 0.25) is 0 Å². The summed E-state index contributed by atoms with van der Waals surface area (Å²) in [5.41, 5.74) is 0. The van der Waals surface area contributed by atoms with E-state index in [1.165, 1.54) is 103 Å². The van der Waals surface area contributed by atoms with Crippen molar-refractivity contribution in [1.29, 1.82) is 0 Å². The maximum absolute atomic E-state index is 3.26. The van der Waals surface area contributed by atoms with Crippen LogP contribution in [0, 0.1) is 0 Å². The molecule has 0 spiro atoms. The maximum atomic E-state index is 3.26. The van der Waals surface area contributed by atoms with Gasteiger partial charge in [0.25, 0.3) is 0 Å². The second-order valence-electron chi connectivity index (χ2n) is 13.7. The lowest BCUT2D eigenvalue weighted by Crippen LogP contribution is -2.31. The fraction of sp³-hybridized carbons (Fsp3) is 1.00. The Balaban J connectivity index is -0.000000232. The molecule has 3 saturated carbocycles. The van der Waals surface area contributed by atoms with Crippen molar-refractivity contribution in [3.8, 4) is 0 Å².